The standard InChI is InChI=1S/C15H10F2N2O2/c1-8-5-9(7-10(16)6-8)14-18-15(21-19-14)13-11(17)3-2-4-12(13)20/h2-7,20H,1H3. The number of phenolic OH excluding ortho intramolecular Hbond substituents is 1. The first kappa shape index (κ1) is 13.2. The number of hydrogen-bond donors (Lipinski definition) is 1. The van der Waals surface area contributed by atoms with Crippen molar-refractivity contribution in [1.82, 2.24) is 10.1 Å². The summed E-state index contributed by atoms with van der Waals surface area (Å²) in [5.41, 5.74) is 0.938. The Morgan fingerprint density at radius 1 is 1.14 bits per heavy atom. The van der Waals surface area contributed by atoms with E-state index in [9.17, 15) is 13.9 Å². The molecule has 2 aromatic carbocycles. The molecular weight excluding hydrogens is 278 g/mol. The lowest BCUT2D eigenvalue weighted by Crippen LogP contribution is -1.87. The molecular formula is C15H10F2N2O2. The highest BCUT2D eigenvalue weighted by atomic mass is 19.1. The van der Waals surface area contributed by atoms with Gasteiger partial charge in [-0.3, -0.25) is 0 Å². The summed E-state index contributed by atoms with van der Waals surface area (Å²) in [6, 6.07) is 8.15. The summed E-state index contributed by atoms with van der Waals surface area (Å²) < 4.78 is 32.1. The molecule has 0 aliphatic carbocycles. The van der Waals surface area contributed by atoms with Gasteiger partial charge in [0.2, 0.25) is 5.82 Å². The maximum Gasteiger partial charge on any atom is 0.265 e. The van der Waals surface area contributed by atoms with Crippen molar-refractivity contribution in [2.75, 3.05) is 0 Å². The summed E-state index contributed by atoms with van der Waals surface area (Å²) in [6.45, 7) is 1.73. The Labute approximate surface area is 118 Å². The molecule has 0 radical (unpaired) electrons. The maximum absolute atomic E-state index is 13.7. The van der Waals surface area contributed by atoms with E-state index >= 15 is 0 Å². The zero-order chi connectivity index (χ0) is 15.0. The van der Waals surface area contributed by atoms with Gasteiger partial charge in [0, 0.05) is 5.56 Å². The van der Waals surface area contributed by atoms with Gasteiger partial charge in [-0.15, -0.1) is 0 Å². The Kier molecular flexibility index (Phi) is 3.13. The molecule has 0 saturated carbocycles. The fourth-order valence-electron chi connectivity index (χ4n) is 2.03. The summed E-state index contributed by atoms with van der Waals surface area (Å²) in [5, 5.41) is 13.4. The van der Waals surface area contributed by atoms with Crippen LogP contribution in [0.15, 0.2) is 40.9 Å². The zero-order valence-electron chi connectivity index (χ0n) is 11.0. The molecule has 21 heavy (non-hydrogen) atoms. The predicted octanol–water partition coefficient (Wildman–Crippen LogP) is 3.70. The van der Waals surface area contributed by atoms with Crippen LogP contribution < -0.4 is 0 Å². The molecule has 0 amide bonds. The van der Waals surface area contributed by atoms with Crippen molar-refractivity contribution in [1.29, 1.82) is 0 Å². The third-order valence-corrected chi connectivity index (χ3v) is 2.93. The van der Waals surface area contributed by atoms with E-state index in [1.165, 1.54) is 30.3 Å². The van der Waals surface area contributed by atoms with Gasteiger partial charge in [-0.25, -0.2) is 8.78 Å². The Morgan fingerprint density at radius 2 is 1.95 bits per heavy atom. The van der Waals surface area contributed by atoms with Crippen LogP contribution in [0.3, 0.4) is 0 Å². The van der Waals surface area contributed by atoms with Gasteiger partial charge >= 0.3 is 0 Å². The third kappa shape index (κ3) is 2.47. The van der Waals surface area contributed by atoms with Gasteiger partial charge in [0.25, 0.3) is 5.89 Å². The first-order chi connectivity index (χ1) is 10.0. The van der Waals surface area contributed by atoms with Crippen LogP contribution in [0.1, 0.15) is 5.56 Å². The molecule has 0 aliphatic rings. The zero-order valence-corrected chi connectivity index (χ0v) is 11.0. The van der Waals surface area contributed by atoms with Crippen LogP contribution >= 0.6 is 0 Å². The first-order valence-electron chi connectivity index (χ1n) is 6.14. The molecule has 1 heterocycles. The lowest BCUT2D eigenvalue weighted by atomic mass is 10.1. The molecule has 4 nitrogen and oxygen atoms in total. The van der Waals surface area contributed by atoms with Crippen LogP contribution in [0.5, 0.6) is 5.75 Å². The van der Waals surface area contributed by atoms with E-state index in [1.807, 2.05) is 0 Å². The van der Waals surface area contributed by atoms with Crippen LogP contribution in [0.25, 0.3) is 22.8 Å². The van der Waals surface area contributed by atoms with Gasteiger partial charge in [-0.05, 0) is 42.8 Å². The van der Waals surface area contributed by atoms with E-state index in [0.29, 0.717) is 11.1 Å². The highest BCUT2D eigenvalue weighted by Gasteiger charge is 2.18. The summed E-state index contributed by atoms with van der Waals surface area (Å²) in [5.74, 6) is -1.45. The minimum atomic E-state index is -0.680. The molecule has 0 atom stereocenters. The summed E-state index contributed by atoms with van der Waals surface area (Å²) in [4.78, 5) is 4.01. The van der Waals surface area contributed by atoms with Crippen molar-refractivity contribution in [2.45, 2.75) is 6.92 Å². The van der Waals surface area contributed by atoms with Gasteiger partial charge in [-0.2, -0.15) is 4.98 Å². The van der Waals surface area contributed by atoms with Crippen molar-refractivity contribution >= 4 is 0 Å². The van der Waals surface area contributed by atoms with Gasteiger partial charge in [0.15, 0.2) is 0 Å². The second-order valence-electron chi connectivity index (χ2n) is 4.57. The molecule has 0 aliphatic heterocycles. The fraction of sp³-hybridized carbons (Fsp3) is 0.0667. The van der Waals surface area contributed by atoms with E-state index in [4.69, 9.17) is 4.52 Å². The van der Waals surface area contributed by atoms with Crippen molar-refractivity contribution in [3.8, 4) is 28.6 Å². The number of rotatable bonds is 2. The molecule has 1 aromatic heterocycles. The number of aromatic hydroxyl groups is 1. The van der Waals surface area contributed by atoms with Crippen molar-refractivity contribution in [3.63, 3.8) is 0 Å². The molecule has 6 heteroatoms. The molecule has 0 bridgehead atoms. The third-order valence-electron chi connectivity index (χ3n) is 2.93. The molecule has 1 N–H and O–H groups in total. The second kappa shape index (κ2) is 4.97. The molecule has 3 aromatic rings. The predicted molar refractivity (Wildman–Crippen MR) is 71.5 cm³/mol. The Morgan fingerprint density at radius 3 is 2.67 bits per heavy atom. The Balaban J connectivity index is 2.08. The second-order valence-corrected chi connectivity index (χ2v) is 4.57. The van der Waals surface area contributed by atoms with Gasteiger partial charge in [-0.1, -0.05) is 11.2 Å². The fourth-order valence-corrected chi connectivity index (χ4v) is 2.03. The van der Waals surface area contributed by atoms with Crippen molar-refractivity contribution < 1.29 is 18.4 Å². The topological polar surface area (TPSA) is 59.2 Å². The Bertz CT molecular complexity index is 775. The van der Waals surface area contributed by atoms with Gasteiger partial charge in [0.05, 0.1) is 0 Å². The SMILES string of the molecule is Cc1cc(F)cc(-c2noc(-c3c(O)cccc3F)n2)c1. The molecule has 106 valence electrons. The molecule has 0 unspecified atom stereocenters. The van der Waals surface area contributed by atoms with E-state index in [0.717, 1.165) is 0 Å². The smallest absolute Gasteiger partial charge is 0.265 e. The highest BCUT2D eigenvalue weighted by molar-refractivity contribution is 5.65. The number of hydrogen-bond acceptors (Lipinski definition) is 4. The Hall–Kier alpha value is -2.76. The van der Waals surface area contributed by atoms with Gasteiger partial charge < -0.3 is 9.63 Å². The number of benzene rings is 2. The number of aryl methyl sites for hydroxylation is 1. The first-order valence-corrected chi connectivity index (χ1v) is 6.14. The number of aromatic nitrogens is 2. The number of phenols is 1. The van der Waals surface area contributed by atoms with E-state index in [-0.39, 0.29) is 23.0 Å². The number of nitrogens with zero attached hydrogens (tertiary/aromatic N) is 2. The average Bonchev–Trinajstić information content (AvgIpc) is 2.87. The minimum Gasteiger partial charge on any atom is -0.507 e. The van der Waals surface area contributed by atoms with E-state index in [2.05, 4.69) is 10.1 Å². The largest absolute Gasteiger partial charge is 0.507 e. The highest BCUT2D eigenvalue weighted by Crippen LogP contribution is 2.31. The molecule has 0 saturated heterocycles. The van der Waals surface area contributed by atoms with Crippen LogP contribution in [-0.2, 0) is 0 Å². The quantitative estimate of drug-likeness (QED) is 0.781. The van der Waals surface area contributed by atoms with Crippen molar-refractivity contribution in [3.05, 3.63) is 53.6 Å². The van der Waals surface area contributed by atoms with Crippen LogP contribution in [0.4, 0.5) is 8.78 Å². The molecule has 3 rings (SSSR count). The summed E-state index contributed by atoms with van der Waals surface area (Å²) in [7, 11) is 0. The van der Waals surface area contributed by atoms with Crippen LogP contribution in [-0.4, -0.2) is 15.2 Å². The monoisotopic (exact) mass is 288 g/mol. The molecule has 0 spiro atoms. The minimum absolute atomic E-state index is 0.121. The lowest BCUT2D eigenvalue weighted by Gasteiger charge is -2.00. The van der Waals surface area contributed by atoms with Gasteiger partial charge in [0.1, 0.15) is 22.9 Å². The van der Waals surface area contributed by atoms with Crippen LogP contribution in [0.2, 0.25) is 0 Å². The van der Waals surface area contributed by atoms with Crippen molar-refractivity contribution in [2.24, 2.45) is 0 Å². The normalized spacial score (nSPS) is 10.8. The average molecular weight is 288 g/mol. The van der Waals surface area contributed by atoms with E-state index < -0.39 is 11.6 Å². The van der Waals surface area contributed by atoms with E-state index in [1.54, 1.807) is 13.0 Å². The summed E-state index contributed by atoms with van der Waals surface area (Å²) in [6.07, 6.45) is 0. The summed E-state index contributed by atoms with van der Waals surface area (Å²) >= 11 is 0. The van der Waals surface area contributed by atoms with Crippen LogP contribution in [0, 0.1) is 18.6 Å². The molecule has 0 fully saturated rings. The maximum atomic E-state index is 13.7. The number of halogens is 2. The lowest BCUT2D eigenvalue weighted by molar-refractivity contribution is 0.421.